The van der Waals surface area contributed by atoms with Gasteiger partial charge in [-0.1, -0.05) is 37.4 Å². The summed E-state index contributed by atoms with van der Waals surface area (Å²) in [4.78, 5) is 3.60. The van der Waals surface area contributed by atoms with Gasteiger partial charge in [-0.15, -0.1) is 0 Å². The molecule has 0 N–H and O–H groups in total. The van der Waals surface area contributed by atoms with E-state index in [0.717, 1.165) is 42.0 Å². The minimum atomic E-state index is -4.40. The maximum atomic E-state index is 12.8. The van der Waals surface area contributed by atoms with E-state index in [0.29, 0.717) is 6.42 Å². The van der Waals surface area contributed by atoms with Crippen molar-refractivity contribution in [2.75, 3.05) is 0 Å². The van der Waals surface area contributed by atoms with Crippen LogP contribution in [0.1, 0.15) is 55.1 Å². The van der Waals surface area contributed by atoms with Crippen molar-refractivity contribution < 1.29 is 13.2 Å². The van der Waals surface area contributed by atoms with Crippen LogP contribution >= 0.6 is 11.6 Å². The third-order valence-corrected chi connectivity index (χ3v) is 6.51. The summed E-state index contributed by atoms with van der Waals surface area (Å²) in [6, 6.07) is 8.65. The maximum Gasteiger partial charge on any atom is 0.433 e. The molecule has 3 aromatic rings. The maximum absolute atomic E-state index is 12.8. The van der Waals surface area contributed by atoms with Gasteiger partial charge in [0.2, 0.25) is 0 Å². The highest BCUT2D eigenvalue weighted by Crippen LogP contribution is 2.36. The van der Waals surface area contributed by atoms with Crippen LogP contribution in [-0.4, -0.2) is 9.55 Å². The number of rotatable bonds is 5. The van der Waals surface area contributed by atoms with Gasteiger partial charge in [-0.25, -0.2) is 0 Å². The Hall–Kier alpha value is -2.01. The van der Waals surface area contributed by atoms with E-state index >= 15 is 0 Å². The van der Waals surface area contributed by atoms with Crippen LogP contribution in [0.15, 0.2) is 36.5 Å². The molecule has 0 saturated carbocycles. The predicted octanol–water partition coefficient (Wildman–Crippen LogP) is 7.25. The quantitative estimate of drug-likeness (QED) is 0.387. The first-order valence-electron chi connectivity index (χ1n) is 10.7. The lowest BCUT2D eigenvalue weighted by Crippen LogP contribution is -2.09. The SMILES string of the molecule is CCCC1CCc2c(n(CCc3ccc(C(F)(F)F)nc3)c3ccc(Cl)cc23)CC1. The molecule has 0 bridgehead atoms. The fourth-order valence-electron chi connectivity index (χ4n) is 4.78. The molecule has 30 heavy (non-hydrogen) atoms. The Morgan fingerprint density at radius 2 is 1.93 bits per heavy atom. The van der Waals surface area contributed by atoms with Gasteiger partial charge in [0.25, 0.3) is 0 Å². The number of aromatic nitrogens is 2. The molecule has 0 amide bonds. The summed E-state index contributed by atoms with van der Waals surface area (Å²) in [7, 11) is 0. The fourth-order valence-corrected chi connectivity index (χ4v) is 4.95. The first kappa shape index (κ1) is 21.2. The van der Waals surface area contributed by atoms with Gasteiger partial charge in [-0.3, -0.25) is 4.98 Å². The lowest BCUT2D eigenvalue weighted by molar-refractivity contribution is -0.141. The second-order valence-corrected chi connectivity index (χ2v) is 8.71. The Bertz CT molecular complexity index is 1020. The average molecular weight is 435 g/mol. The lowest BCUT2D eigenvalue weighted by Gasteiger charge is -2.14. The zero-order chi connectivity index (χ0) is 21.3. The van der Waals surface area contributed by atoms with Crippen molar-refractivity contribution in [1.29, 1.82) is 0 Å². The second-order valence-electron chi connectivity index (χ2n) is 8.27. The van der Waals surface area contributed by atoms with Crippen molar-refractivity contribution >= 4 is 22.5 Å². The van der Waals surface area contributed by atoms with Crippen molar-refractivity contribution in [3.8, 4) is 0 Å². The molecule has 1 aliphatic carbocycles. The van der Waals surface area contributed by atoms with E-state index < -0.39 is 11.9 Å². The van der Waals surface area contributed by atoms with Gasteiger partial charge in [-0.05, 0) is 73.4 Å². The van der Waals surface area contributed by atoms with Gasteiger partial charge in [0.1, 0.15) is 5.69 Å². The van der Waals surface area contributed by atoms with E-state index in [9.17, 15) is 13.2 Å². The van der Waals surface area contributed by atoms with E-state index in [-0.39, 0.29) is 0 Å². The molecule has 0 saturated heterocycles. The summed E-state index contributed by atoms with van der Waals surface area (Å²) in [6.07, 6.45) is 4.55. The van der Waals surface area contributed by atoms with Crippen molar-refractivity contribution in [1.82, 2.24) is 9.55 Å². The smallest absolute Gasteiger partial charge is 0.344 e. The topological polar surface area (TPSA) is 17.8 Å². The van der Waals surface area contributed by atoms with Gasteiger partial charge in [-0.2, -0.15) is 13.2 Å². The van der Waals surface area contributed by atoms with Crippen LogP contribution in [0, 0.1) is 5.92 Å². The van der Waals surface area contributed by atoms with Gasteiger partial charge >= 0.3 is 6.18 Å². The predicted molar refractivity (Wildman–Crippen MR) is 115 cm³/mol. The molecule has 2 heterocycles. The summed E-state index contributed by atoms with van der Waals surface area (Å²) in [5.41, 5.74) is 3.90. The number of alkyl halides is 3. The third-order valence-electron chi connectivity index (χ3n) is 6.28. The summed E-state index contributed by atoms with van der Waals surface area (Å²) >= 11 is 6.30. The van der Waals surface area contributed by atoms with Crippen LogP contribution in [0.3, 0.4) is 0 Å². The molecule has 1 atom stereocenters. The normalized spacial score (nSPS) is 17.2. The van der Waals surface area contributed by atoms with Crippen LogP contribution in [0.5, 0.6) is 0 Å². The average Bonchev–Trinajstić information content (AvgIpc) is 2.84. The fraction of sp³-hybridized carbons (Fsp3) is 0.458. The number of halogens is 4. The molecule has 1 aromatic carbocycles. The van der Waals surface area contributed by atoms with Crippen LogP contribution < -0.4 is 0 Å². The highest BCUT2D eigenvalue weighted by atomic mass is 35.5. The molecule has 1 aliphatic rings. The van der Waals surface area contributed by atoms with E-state index in [2.05, 4.69) is 28.6 Å². The second kappa shape index (κ2) is 8.62. The molecule has 2 nitrogen and oxygen atoms in total. The molecule has 4 rings (SSSR count). The summed E-state index contributed by atoms with van der Waals surface area (Å²) in [5.74, 6) is 0.754. The molecule has 2 aromatic heterocycles. The Morgan fingerprint density at radius 3 is 2.63 bits per heavy atom. The highest BCUT2D eigenvalue weighted by molar-refractivity contribution is 6.31. The van der Waals surface area contributed by atoms with Gasteiger partial charge < -0.3 is 4.57 Å². The summed E-state index contributed by atoms with van der Waals surface area (Å²) < 4.78 is 40.7. The van der Waals surface area contributed by atoms with Crippen LogP contribution in [-0.2, 0) is 32.0 Å². The van der Waals surface area contributed by atoms with Crippen molar-refractivity contribution in [2.45, 2.75) is 64.6 Å². The zero-order valence-electron chi connectivity index (χ0n) is 17.1. The van der Waals surface area contributed by atoms with Crippen molar-refractivity contribution in [3.63, 3.8) is 0 Å². The molecule has 160 valence electrons. The van der Waals surface area contributed by atoms with Crippen molar-refractivity contribution in [2.24, 2.45) is 5.92 Å². The van der Waals surface area contributed by atoms with Gasteiger partial charge in [0, 0.05) is 34.4 Å². The Labute approximate surface area is 180 Å². The zero-order valence-corrected chi connectivity index (χ0v) is 17.9. The largest absolute Gasteiger partial charge is 0.433 e. The minimum Gasteiger partial charge on any atom is -0.344 e. The molecule has 6 heteroatoms. The number of benzene rings is 1. The third kappa shape index (κ3) is 4.36. The van der Waals surface area contributed by atoms with Gasteiger partial charge in [0.15, 0.2) is 0 Å². The van der Waals surface area contributed by atoms with E-state index in [1.807, 2.05) is 6.07 Å². The van der Waals surface area contributed by atoms with Crippen LogP contribution in [0.4, 0.5) is 13.2 Å². The number of hydrogen-bond donors (Lipinski definition) is 0. The van der Waals surface area contributed by atoms with Crippen LogP contribution in [0.25, 0.3) is 10.9 Å². The van der Waals surface area contributed by atoms with E-state index in [1.165, 1.54) is 60.1 Å². The Balaban J connectivity index is 1.62. The number of fused-ring (bicyclic) bond motifs is 3. The molecule has 0 radical (unpaired) electrons. The Morgan fingerprint density at radius 1 is 1.13 bits per heavy atom. The number of aryl methyl sites for hydroxylation is 3. The summed E-state index contributed by atoms with van der Waals surface area (Å²) in [5, 5.41) is 1.96. The number of pyridine rings is 1. The first-order valence-corrected chi connectivity index (χ1v) is 11.1. The monoisotopic (exact) mass is 434 g/mol. The number of nitrogens with zero attached hydrogens (tertiary/aromatic N) is 2. The molecule has 1 unspecified atom stereocenters. The van der Waals surface area contributed by atoms with Crippen LogP contribution in [0.2, 0.25) is 5.02 Å². The number of hydrogen-bond acceptors (Lipinski definition) is 1. The standard InChI is InChI=1S/C24H26ClF3N2/c1-2-3-16-4-8-19-20-14-18(25)7-10-22(20)30(21(19)9-5-16)13-12-17-6-11-23(29-15-17)24(26,27)28/h6-7,10-11,14-16H,2-5,8-9,12-13H2,1H3. The van der Waals surface area contributed by atoms with Crippen molar-refractivity contribution in [3.05, 3.63) is 64.1 Å². The lowest BCUT2D eigenvalue weighted by atomic mass is 9.94. The minimum absolute atomic E-state index is 0.641. The molecule has 0 aliphatic heterocycles. The summed E-state index contributed by atoms with van der Waals surface area (Å²) in [6.45, 7) is 2.96. The Kier molecular flexibility index (Phi) is 6.10. The van der Waals surface area contributed by atoms with E-state index in [4.69, 9.17) is 11.6 Å². The first-order chi connectivity index (χ1) is 14.4. The molecular formula is C24H26ClF3N2. The van der Waals surface area contributed by atoms with E-state index in [1.54, 1.807) is 0 Å². The molecular weight excluding hydrogens is 409 g/mol. The van der Waals surface area contributed by atoms with Gasteiger partial charge in [0.05, 0.1) is 0 Å². The molecule has 0 fully saturated rings. The highest BCUT2D eigenvalue weighted by Gasteiger charge is 2.32. The molecule has 0 spiro atoms.